The number of benzene rings is 2. The summed E-state index contributed by atoms with van der Waals surface area (Å²) in [6.45, 7) is 5.10. The van der Waals surface area contributed by atoms with Crippen molar-refractivity contribution in [1.82, 2.24) is 19.7 Å². The van der Waals surface area contributed by atoms with Crippen LogP contribution in [0.2, 0.25) is 0 Å². The maximum absolute atomic E-state index is 6.20. The molecule has 4 aromatic rings. The van der Waals surface area contributed by atoms with Crippen molar-refractivity contribution in [3.8, 4) is 17.0 Å². The van der Waals surface area contributed by atoms with E-state index in [0.29, 0.717) is 17.8 Å². The van der Waals surface area contributed by atoms with E-state index in [1.807, 2.05) is 10.7 Å². The Balaban J connectivity index is 1.61. The molecular formula is C22H23N5O. The van der Waals surface area contributed by atoms with E-state index in [4.69, 9.17) is 15.6 Å². The first kappa shape index (κ1) is 17.0. The van der Waals surface area contributed by atoms with Crippen LogP contribution in [0.1, 0.15) is 26.7 Å². The number of nitrogen functional groups attached to an aromatic ring is 1. The monoisotopic (exact) mass is 373 g/mol. The fraction of sp³-hybridized carbons (Fsp3) is 0.318. The minimum absolute atomic E-state index is 0.399. The average Bonchev–Trinajstić information content (AvgIpc) is 3.41. The zero-order valence-electron chi connectivity index (χ0n) is 16.1. The van der Waals surface area contributed by atoms with Gasteiger partial charge in [0, 0.05) is 12.1 Å². The molecule has 1 fully saturated rings. The lowest BCUT2D eigenvalue weighted by molar-refractivity contribution is 0.303. The summed E-state index contributed by atoms with van der Waals surface area (Å²) in [6, 6.07) is 12.6. The van der Waals surface area contributed by atoms with Gasteiger partial charge >= 0.3 is 0 Å². The third kappa shape index (κ3) is 3.05. The molecule has 0 atom stereocenters. The number of nitrogens with two attached hydrogens (primary N) is 1. The van der Waals surface area contributed by atoms with Crippen LogP contribution < -0.4 is 10.5 Å². The van der Waals surface area contributed by atoms with Crippen LogP contribution in [0.25, 0.3) is 33.1 Å². The average molecular weight is 373 g/mol. The first-order chi connectivity index (χ1) is 13.6. The topological polar surface area (TPSA) is 78.9 Å². The largest absolute Gasteiger partial charge is 0.490 e. The van der Waals surface area contributed by atoms with Crippen molar-refractivity contribution in [1.29, 1.82) is 0 Å². The molecule has 2 heterocycles. The lowest BCUT2D eigenvalue weighted by Gasteiger charge is -2.07. The molecule has 142 valence electrons. The van der Waals surface area contributed by atoms with Gasteiger partial charge in [0.1, 0.15) is 23.6 Å². The Labute approximate surface area is 163 Å². The molecule has 6 nitrogen and oxygen atoms in total. The van der Waals surface area contributed by atoms with Crippen LogP contribution in [0.5, 0.6) is 5.75 Å². The van der Waals surface area contributed by atoms with Crippen molar-refractivity contribution in [3.63, 3.8) is 0 Å². The van der Waals surface area contributed by atoms with E-state index < -0.39 is 0 Å². The molecule has 0 radical (unpaired) electrons. The summed E-state index contributed by atoms with van der Waals surface area (Å²) in [5, 5.41) is 7.95. The predicted molar refractivity (Wildman–Crippen MR) is 111 cm³/mol. The minimum Gasteiger partial charge on any atom is -0.490 e. The maximum Gasteiger partial charge on any atom is 0.163 e. The molecule has 2 aromatic heterocycles. The normalized spacial score (nSPS) is 14.2. The number of rotatable bonds is 5. The van der Waals surface area contributed by atoms with Crippen LogP contribution in [0, 0.1) is 5.92 Å². The van der Waals surface area contributed by atoms with Crippen LogP contribution in [0.4, 0.5) is 5.82 Å². The number of hydrogen-bond donors (Lipinski definition) is 1. The molecule has 1 aliphatic carbocycles. The molecule has 2 N–H and O–H groups in total. The first-order valence-electron chi connectivity index (χ1n) is 9.76. The van der Waals surface area contributed by atoms with Gasteiger partial charge in [-0.3, -0.25) is 0 Å². The van der Waals surface area contributed by atoms with Gasteiger partial charge in [-0.05, 0) is 47.7 Å². The van der Waals surface area contributed by atoms with Gasteiger partial charge in [0.25, 0.3) is 0 Å². The van der Waals surface area contributed by atoms with E-state index in [0.717, 1.165) is 58.2 Å². The van der Waals surface area contributed by atoms with Gasteiger partial charge in [0.05, 0.1) is 11.5 Å². The summed E-state index contributed by atoms with van der Waals surface area (Å²) < 4.78 is 7.85. The molecular weight excluding hydrogens is 350 g/mol. The van der Waals surface area contributed by atoms with Crippen molar-refractivity contribution in [3.05, 3.63) is 42.7 Å². The third-order valence-electron chi connectivity index (χ3n) is 5.01. The first-order valence-corrected chi connectivity index (χ1v) is 9.76. The highest BCUT2D eigenvalue weighted by Gasteiger charge is 2.23. The van der Waals surface area contributed by atoms with Crippen molar-refractivity contribution < 1.29 is 4.74 Å². The van der Waals surface area contributed by atoms with E-state index in [9.17, 15) is 0 Å². The Morgan fingerprint density at radius 2 is 1.89 bits per heavy atom. The molecule has 6 heteroatoms. The highest BCUT2D eigenvalue weighted by molar-refractivity contribution is 6.00. The van der Waals surface area contributed by atoms with Gasteiger partial charge in [0.15, 0.2) is 5.65 Å². The molecule has 2 aromatic carbocycles. The minimum atomic E-state index is 0.399. The Bertz CT molecular complexity index is 1180. The molecule has 1 aliphatic rings. The van der Waals surface area contributed by atoms with Crippen LogP contribution in [-0.2, 0) is 6.54 Å². The smallest absolute Gasteiger partial charge is 0.163 e. The molecule has 0 saturated heterocycles. The summed E-state index contributed by atoms with van der Waals surface area (Å²) in [5.74, 6) is 1.85. The number of aromatic nitrogens is 4. The summed E-state index contributed by atoms with van der Waals surface area (Å²) in [6.07, 6.45) is 4.22. The second-order valence-corrected chi connectivity index (χ2v) is 7.92. The fourth-order valence-corrected chi connectivity index (χ4v) is 3.53. The van der Waals surface area contributed by atoms with Gasteiger partial charge in [-0.25, -0.2) is 14.6 Å². The molecule has 0 amide bonds. The molecule has 0 aliphatic heterocycles. The highest BCUT2D eigenvalue weighted by atomic mass is 16.5. The second kappa shape index (κ2) is 6.48. The van der Waals surface area contributed by atoms with Crippen molar-refractivity contribution >= 4 is 27.6 Å². The van der Waals surface area contributed by atoms with Crippen LogP contribution in [-0.4, -0.2) is 25.9 Å². The number of ether oxygens (including phenoxy) is 1. The van der Waals surface area contributed by atoms with Crippen LogP contribution in [0.15, 0.2) is 42.7 Å². The van der Waals surface area contributed by atoms with Crippen LogP contribution >= 0.6 is 0 Å². The van der Waals surface area contributed by atoms with Gasteiger partial charge in [-0.2, -0.15) is 5.10 Å². The number of fused-ring (bicyclic) bond motifs is 2. The van der Waals surface area contributed by atoms with Gasteiger partial charge in [0.2, 0.25) is 0 Å². The Morgan fingerprint density at radius 3 is 2.68 bits per heavy atom. The zero-order chi connectivity index (χ0) is 19.3. The van der Waals surface area contributed by atoms with Gasteiger partial charge in [-0.15, -0.1) is 0 Å². The molecule has 28 heavy (non-hydrogen) atoms. The number of nitrogens with zero attached hydrogens (tertiary/aromatic N) is 4. The van der Waals surface area contributed by atoms with E-state index in [2.05, 4.69) is 54.1 Å². The Kier molecular flexibility index (Phi) is 3.93. The molecule has 0 spiro atoms. The lowest BCUT2D eigenvalue weighted by Crippen LogP contribution is -2.07. The van der Waals surface area contributed by atoms with Gasteiger partial charge in [-0.1, -0.05) is 32.0 Å². The number of hydrogen-bond acceptors (Lipinski definition) is 5. The second-order valence-electron chi connectivity index (χ2n) is 7.92. The summed E-state index contributed by atoms with van der Waals surface area (Å²) in [7, 11) is 0. The molecule has 1 saturated carbocycles. The van der Waals surface area contributed by atoms with E-state index in [-0.39, 0.29) is 0 Å². The molecule has 0 bridgehead atoms. The zero-order valence-corrected chi connectivity index (χ0v) is 16.1. The highest BCUT2D eigenvalue weighted by Crippen LogP contribution is 2.34. The van der Waals surface area contributed by atoms with E-state index in [1.54, 1.807) is 0 Å². The van der Waals surface area contributed by atoms with Crippen molar-refractivity contribution in [2.24, 2.45) is 5.92 Å². The Hall–Kier alpha value is -3.15. The molecule has 5 rings (SSSR count). The summed E-state index contributed by atoms with van der Waals surface area (Å²) in [4.78, 5) is 8.63. The van der Waals surface area contributed by atoms with E-state index in [1.165, 1.54) is 6.33 Å². The standard InChI is InChI=1S/C22H23N5O/c1-13(2)11-27-22-19(21(23)24-12-25-22)20(26-27)16-4-3-15-10-18(28-17-7-8-17)6-5-14(15)9-16/h3-6,9-10,12-13,17H,7-8,11H2,1-2H3,(H2,23,24,25). The van der Waals surface area contributed by atoms with Crippen molar-refractivity contribution in [2.45, 2.75) is 39.3 Å². The van der Waals surface area contributed by atoms with Gasteiger partial charge < -0.3 is 10.5 Å². The quantitative estimate of drug-likeness (QED) is 0.560. The fourth-order valence-electron chi connectivity index (χ4n) is 3.53. The molecule has 0 unspecified atom stereocenters. The summed E-state index contributed by atoms with van der Waals surface area (Å²) in [5.41, 5.74) is 8.82. The van der Waals surface area contributed by atoms with Crippen molar-refractivity contribution in [2.75, 3.05) is 5.73 Å². The SMILES string of the molecule is CC(C)Cn1nc(-c2ccc3cc(OC4CC4)ccc3c2)c2c(N)ncnc21. The lowest BCUT2D eigenvalue weighted by atomic mass is 10.0. The predicted octanol–water partition coefficient (Wildman–Crippen LogP) is 4.43. The van der Waals surface area contributed by atoms with Crippen LogP contribution in [0.3, 0.4) is 0 Å². The Morgan fingerprint density at radius 1 is 1.11 bits per heavy atom. The number of anilines is 1. The maximum atomic E-state index is 6.20. The summed E-state index contributed by atoms with van der Waals surface area (Å²) >= 11 is 0. The third-order valence-corrected chi connectivity index (χ3v) is 5.01. The van der Waals surface area contributed by atoms with E-state index >= 15 is 0 Å².